The van der Waals surface area contributed by atoms with Crippen LogP contribution < -0.4 is 16.6 Å². The molecule has 6 heteroatoms. The van der Waals surface area contributed by atoms with Gasteiger partial charge >= 0.3 is 0 Å². The van der Waals surface area contributed by atoms with Crippen LogP contribution in [0.4, 0.5) is 11.4 Å². The van der Waals surface area contributed by atoms with Crippen LogP contribution in [0, 0.1) is 20.8 Å². The van der Waals surface area contributed by atoms with Crippen molar-refractivity contribution in [3.8, 4) is 0 Å². The van der Waals surface area contributed by atoms with Gasteiger partial charge in [-0.3, -0.25) is 0 Å². The molecule has 1 rings (SSSR count). The van der Waals surface area contributed by atoms with Crippen molar-refractivity contribution in [2.45, 2.75) is 25.7 Å². The van der Waals surface area contributed by atoms with E-state index in [-0.39, 0.29) is 4.90 Å². The van der Waals surface area contributed by atoms with E-state index in [4.69, 9.17) is 16.6 Å². The van der Waals surface area contributed by atoms with Gasteiger partial charge in [-0.25, -0.2) is 13.6 Å². The Balaban J connectivity index is 3.84. The second-order valence-electron chi connectivity index (χ2n) is 3.58. The molecule has 84 valence electrons. The fourth-order valence-corrected chi connectivity index (χ4v) is 2.73. The monoisotopic (exact) mass is 229 g/mol. The smallest absolute Gasteiger partial charge is 0.238 e. The third kappa shape index (κ3) is 1.78. The molecule has 6 N–H and O–H groups in total. The number of nitrogen functional groups attached to an aromatic ring is 2. The molecule has 0 spiro atoms. The second-order valence-corrected chi connectivity index (χ2v) is 5.07. The average molecular weight is 229 g/mol. The van der Waals surface area contributed by atoms with Gasteiger partial charge in [0.15, 0.2) is 0 Å². The minimum atomic E-state index is -3.79. The highest BCUT2D eigenvalue weighted by Crippen LogP contribution is 2.32. The van der Waals surface area contributed by atoms with Crippen LogP contribution in [0.3, 0.4) is 0 Å². The number of anilines is 2. The van der Waals surface area contributed by atoms with Gasteiger partial charge in [0, 0.05) is 11.4 Å². The maximum atomic E-state index is 11.4. The average Bonchev–Trinajstić information content (AvgIpc) is 2.09. The van der Waals surface area contributed by atoms with E-state index in [1.807, 2.05) is 0 Å². The van der Waals surface area contributed by atoms with Crippen molar-refractivity contribution in [1.82, 2.24) is 0 Å². The summed E-state index contributed by atoms with van der Waals surface area (Å²) in [7, 11) is -3.79. The van der Waals surface area contributed by atoms with Gasteiger partial charge in [0.05, 0.1) is 4.90 Å². The zero-order valence-electron chi connectivity index (χ0n) is 8.96. The first-order valence-corrected chi connectivity index (χ1v) is 5.90. The van der Waals surface area contributed by atoms with Gasteiger partial charge in [0.2, 0.25) is 10.0 Å². The summed E-state index contributed by atoms with van der Waals surface area (Å²) in [5.41, 5.74) is 13.9. The zero-order chi connectivity index (χ0) is 12.0. The highest BCUT2D eigenvalue weighted by Gasteiger charge is 2.20. The Kier molecular flexibility index (Phi) is 2.67. The Morgan fingerprint density at radius 2 is 1.20 bits per heavy atom. The van der Waals surface area contributed by atoms with E-state index in [1.165, 1.54) is 0 Å². The molecule has 0 unspecified atom stereocenters. The third-order valence-corrected chi connectivity index (χ3v) is 3.76. The standard InChI is InChI=1S/C9H15N3O2S/c1-4-7(10)5(2)9(15(12,13)14)6(3)8(4)11/h10-11H2,1-3H3,(H2,12,13,14). The van der Waals surface area contributed by atoms with E-state index in [2.05, 4.69) is 0 Å². The largest absolute Gasteiger partial charge is 0.398 e. The van der Waals surface area contributed by atoms with Gasteiger partial charge in [-0.1, -0.05) is 0 Å². The van der Waals surface area contributed by atoms with Gasteiger partial charge in [-0.15, -0.1) is 0 Å². The Morgan fingerprint density at radius 1 is 0.867 bits per heavy atom. The van der Waals surface area contributed by atoms with Crippen molar-refractivity contribution >= 4 is 21.4 Å². The fourth-order valence-electron chi connectivity index (χ4n) is 1.66. The summed E-state index contributed by atoms with van der Waals surface area (Å²) in [5.74, 6) is 0. The molecule has 0 bridgehead atoms. The summed E-state index contributed by atoms with van der Waals surface area (Å²) in [6, 6.07) is 0. The van der Waals surface area contributed by atoms with Crippen molar-refractivity contribution in [2.75, 3.05) is 11.5 Å². The third-order valence-electron chi connectivity index (χ3n) is 2.58. The van der Waals surface area contributed by atoms with Crippen LogP contribution in [0.2, 0.25) is 0 Å². The molecule has 0 heterocycles. The van der Waals surface area contributed by atoms with E-state index in [9.17, 15) is 8.42 Å². The molecule has 0 atom stereocenters. The van der Waals surface area contributed by atoms with E-state index >= 15 is 0 Å². The maximum Gasteiger partial charge on any atom is 0.238 e. The predicted molar refractivity (Wildman–Crippen MR) is 60.9 cm³/mol. The molecule has 0 fully saturated rings. The first-order valence-electron chi connectivity index (χ1n) is 4.35. The Hall–Kier alpha value is -1.27. The number of primary sulfonamides is 1. The SMILES string of the molecule is Cc1c(N)c(C)c(S(N)(=O)=O)c(C)c1N. The number of hydrogen-bond donors (Lipinski definition) is 3. The maximum absolute atomic E-state index is 11.4. The lowest BCUT2D eigenvalue weighted by Gasteiger charge is -2.16. The predicted octanol–water partition coefficient (Wildman–Crippen LogP) is 0.424. The summed E-state index contributed by atoms with van der Waals surface area (Å²) < 4.78 is 22.7. The van der Waals surface area contributed by atoms with Gasteiger partial charge < -0.3 is 11.5 Å². The van der Waals surface area contributed by atoms with Crippen LogP contribution in [-0.4, -0.2) is 8.42 Å². The van der Waals surface area contributed by atoms with Crippen LogP contribution in [-0.2, 0) is 10.0 Å². The molecule has 0 saturated carbocycles. The molecule has 0 aliphatic rings. The number of nitrogens with two attached hydrogens (primary N) is 3. The molecular formula is C9H15N3O2S. The molecule has 1 aromatic carbocycles. The number of sulfonamides is 1. The molecule has 0 aliphatic heterocycles. The van der Waals surface area contributed by atoms with Gasteiger partial charge in [-0.05, 0) is 37.5 Å². The fraction of sp³-hybridized carbons (Fsp3) is 0.333. The number of rotatable bonds is 1. The highest BCUT2D eigenvalue weighted by molar-refractivity contribution is 7.89. The minimum absolute atomic E-state index is 0.0306. The number of hydrogen-bond acceptors (Lipinski definition) is 4. The van der Waals surface area contributed by atoms with Crippen molar-refractivity contribution in [2.24, 2.45) is 5.14 Å². The summed E-state index contributed by atoms with van der Waals surface area (Å²) in [6.45, 7) is 4.99. The first kappa shape index (κ1) is 11.8. The van der Waals surface area contributed by atoms with Gasteiger partial charge in [0.1, 0.15) is 0 Å². The highest BCUT2D eigenvalue weighted by atomic mass is 32.2. The molecule has 0 aromatic heterocycles. The van der Waals surface area contributed by atoms with Crippen molar-refractivity contribution in [3.63, 3.8) is 0 Å². The molecule has 15 heavy (non-hydrogen) atoms. The van der Waals surface area contributed by atoms with Crippen LogP contribution in [0.15, 0.2) is 4.90 Å². The number of benzene rings is 1. The lowest BCUT2D eigenvalue weighted by molar-refractivity contribution is 0.596. The lowest BCUT2D eigenvalue weighted by atomic mass is 10.0. The molecule has 0 amide bonds. The normalized spacial score (nSPS) is 11.7. The first-order chi connectivity index (χ1) is 6.68. The van der Waals surface area contributed by atoms with Crippen molar-refractivity contribution < 1.29 is 8.42 Å². The van der Waals surface area contributed by atoms with Crippen molar-refractivity contribution in [1.29, 1.82) is 0 Å². The van der Waals surface area contributed by atoms with E-state index in [0.717, 1.165) is 0 Å². The van der Waals surface area contributed by atoms with Crippen LogP contribution >= 0.6 is 0 Å². The Morgan fingerprint density at radius 3 is 1.47 bits per heavy atom. The van der Waals surface area contributed by atoms with E-state index in [1.54, 1.807) is 20.8 Å². The quantitative estimate of drug-likeness (QED) is 0.606. The van der Waals surface area contributed by atoms with Crippen LogP contribution in [0.25, 0.3) is 0 Å². The zero-order valence-corrected chi connectivity index (χ0v) is 9.77. The Bertz CT molecular complexity index is 492. The molecule has 0 saturated heterocycles. The topological polar surface area (TPSA) is 112 Å². The summed E-state index contributed by atoms with van der Waals surface area (Å²) in [4.78, 5) is 0.0306. The summed E-state index contributed by atoms with van der Waals surface area (Å²) in [5, 5.41) is 5.11. The van der Waals surface area contributed by atoms with E-state index < -0.39 is 10.0 Å². The molecule has 0 radical (unpaired) electrons. The van der Waals surface area contributed by atoms with Crippen molar-refractivity contribution in [3.05, 3.63) is 16.7 Å². The molecule has 1 aromatic rings. The van der Waals surface area contributed by atoms with Gasteiger partial charge in [0.25, 0.3) is 0 Å². The van der Waals surface area contributed by atoms with E-state index in [0.29, 0.717) is 28.1 Å². The Labute approximate surface area is 89.3 Å². The van der Waals surface area contributed by atoms with Gasteiger partial charge in [-0.2, -0.15) is 0 Å². The minimum Gasteiger partial charge on any atom is -0.398 e. The summed E-state index contributed by atoms with van der Waals surface area (Å²) in [6.07, 6.45) is 0. The molecule has 0 aliphatic carbocycles. The second kappa shape index (κ2) is 3.39. The molecular weight excluding hydrogens is 214 g/mol. The van der Waals surface area contributed by atoms with Crippen LogP contribution in [0.1, 0.15) is 16.7 Å². The lowest BCUT2D eigenvalue weighted by Crippen LogP contribution is -2.18. The molecule has 5 nitrogen and oxygen atoms in total. The summed E-state index contributed by atoms with van der Waals surface area (Å²) >= 11 is 0. The van der Waals surface area contributed by atoms with Crippen LogP contribution in [0.5, 0.6) is 0 Å².